The first kappa shape index (κ1) is 27.1. The Morgan fingerprint density at radius 3 is 2.06 bits per heavy atom. The third-order valence-corrected chi connectivity index (χ3v) is 6.67. The zero-order valence-corrected chi connectivity index (χ0v) is 19.4. The smallest absolute Gasteiger partial charge is 0.501 e. The minimum absolute atomic E-state index is 0.0413. The molecule has 0 radical (unpaired) electrons. The highest BCUT2D eigenvalue weighted by atomic mass is 35.5. The predicted molar refractivity (Wildman–Crippen MR) is 111 cm³/mol. The van der Waals surface area contributed by atoms with Crippen molar-refractivity contribution in [2.75, 3.05) is 5.32 Å². The molecule has 0 bridgehead atoms. The Balaban J connectivity index is 2.49. The number of hydrogen-bond donors (Lipinski definition) is 2. The number of halogens is 7. The van der Waals surface area contributed by atoms with Crippen molar-refractivity contribution in [1.82, 2.24) is 0 Å². The molecule has 0 fully saturated rings. The summed E-state index contributed by atoms with van der Waals surface area (Å²) in [5.74, 6) is -1.71. The number of benzene rings is 2. The van der Waals surface area contributed by atoms with Crippen LogP contribution in [0.5, 0.6) is 5.75 Å². The maximum Gasteiger partial charge on any atom is 0.501 e. The van der Waals surface area contributed by atoms with Crippen LogP contribution in [0.3, 0.4) is 0 Å². The summed E-state index contributed by atoms with van der Waals surface area (Å²) in [7, 11) is -5.69. The van der Waals surface area contributed by atoms with E-state index in [1.165, 1.54) is 0 Å². The molecule has 0 saturated heterocycles. The fourth-order valence-corrected chi connectivity index (χ4v) is 4.33. The summed E-state index contributed by atoms with van der Waals surface area (Å²) in [4.78, 5) is 11.2. The van der Waals surface area contributed by atoms with E-state index < -0.39 is 65.2 Å². The molecule has 1 amide bonds. The summed E-state index contributed by atoms with van der Waals surface area (Å²) < 4.78 is 99.7. The van der Waals surface area contributed by atoms with E-state index in [9.17, 15) is 44.7 Å². The number of aromatic hydroxyl groups is 1. The molecule has 0 heterocycles. The molecule has 0 spiro atoms. The number of rotatable bonds is 4. The molecule has 182 valence electrons. The number of thioether (sulfide) groups is 1. The number of sulfone groups is 1. The molecular weight excluding hydrogens is 520 g/mol. The molecule has 2 N–H and O–H groups in total. The molecule has 2 rings (SSSR count). The standard InChI is InChI=1S/C19H16ClF6NO4S2/c1-17(2,3)12-7-9(32-18(21,22)23)6-11(15(12)28)16(29)27-14-5-4-10(8-13(14)20)33(30,31)19(24,25)26/h4-8,28H,1-3H3,(H,27,29). The summed E-state index contributed by atoms with van der Waals surface area (Å²) in [5, 5.41) is 12.1. The fraction of sp³-hybridized carbons (Fsp3) is 0.316. The van der Waals surface area contributed by atoms with Crippen LogP contribution in [0, 0.1) is 0 Å². The largest absolute Gasteiger partial charge is 0.507 e. The van der Waals surface area contributed by atoms with Gasteiger partial charge in [-0.2, -0.15) is 26.3 Å². The van der Waals surface area contributed by atoms with Crippen molar-refractivity contribution in [3.05, 3.63) is 46.5 Å². The Hall–Kier alpha value is -2.12. The van der Waals surface area contributed by atoms with E-state index in [1.807, 2.05) is 0 Å². The molecule has 2 aromatic rings. The van der Waals surface area contributed by atoms with E-state index in [0.717, 1.165) is 18.2 Å². The number of phenols is 1. The number of anilines is 1. The van der Waals surface area contributed by atoms with Crippen molar-refractivity contribution in [1.29, 1.82) is 0 Å². The van der Waals surface area contributed by atoms with Gasteiger partial charge in [-0.25, -0.2) is 8.42 Å². The summed E-state index contributed by atoms with van der Waals surface area (Å²) in [6.07, 6.45) is 0. The van der Waals surface area contributed by atoms with Crippen LogP contribution in [0.25, 0.3) is 0 Å². The highest BCUT2D eigenvalue weighted by Gasteiger charge is 2.47. The Labute approximate surface area is 194 Å². The predicted octanol–water partition coefficient (Wildman–Crippen LogP) is 6.50. The normalized spacial score (nSPS) is 13.2. The zero-order valence-electron chi connectivity index (χ0n) is 17.0. The molecule has 2 aromatic carbocycles. The minimum atomic E-state index is -5.69. The van der Waals surface area contributed by atoms with Gasteiger partial charge in [-0.1, -0.05) is 32.4 Å². The molecule has 5 nitrogen and oxygen atoms in total. The van der Waals surface area contributed by atoms with E-state index in [1.54, 1.807) is 20.8 Å². The van der Waals surface area contributed by atoms with Gasteiger partial charge < -0.3 is 10.4 Å². The van der Waals surface area contributed by atoms with Crippen LogP contribution in [-0.2, 0) is 15.3 Å². The fourth-order valence-electron chi connectivity index (χ4n) is 2.63. The van der Waals surface area contributed by atoms with Gasteiger partial charge >= 0.3 is 11.0 Å². The van der Waals surface area contributed by atoms with Crippen molar-refractivity contribution in [2.45, 2.75) is 47.0 Å². The maximum absolute atomic E-state index is 12.9. The number of hydrogen-bond acceptors (Lipinski definition) is 5. The van der Waals surface area contributed by atoms with E-state index >= 15 is 0 Å². The quantitative estimate of drug-likeness (QED) is 0.345. The van der Waals surface area contributed by atoms with Crippen LogP contribution in [0.1, 0.15) is 36.7 Å². The first-order valence-electron chi connectivity index (χ1n) is 8.79. The Bertz CT molecular complexity index is 1190. The van der Waals surface area contributed by atoms with Gasteiger partial charge in [0.05, 0.1) is 21.2 Å². The minimum Gasteiger partial charge on any atom is -0.507 e. The molecular formula is C19H16ClF6NO4S2. The lowest BCUT2D eigenvalue weighted by Gasteiger charge is -2.23. The average Bonchev–Trinajstić information content (AvgIpc) is 2.61. The number of carbonyl (C=O) groups is 1. The molecule has 33 heavy (non-hydrogen) atoms. The van der Waals surface area contributed by atoms with Gasteiger partial charge in [0.2, 0.25) is 0 Å². The topological polar surface area (TPSA) is 83.5 Å². The van der Waals surface area contributed by atoms with Crippen molar-refractivity contribution in [2.24, 2.45) is 0 Å². The highest BCUT2D eigenvalue weighted by molar-refractivity contribution is 8.00. The number of carbonyl (C=O) groups excluding carboxylic acids is 1. The van der Waals surface area contributed by atoms with Gasteiger partial charge in [0.25, 0.3) is 15.7 Å². The second-order valence-corrected chi connectivity index (χ2v) is 11.2. The van der Waals surface area contributed by atoms with Gasteiger partial charge in [-0.05, 0) is 47.5 Å². The van der Waals surface area contributed by atoms with E-state index in [2.05, 4.69) is 5.32 Å². The van der Waals surface area contributed by atoms with Gasteiger partial charge in [-0.15, -0.1) is 0 Å². The summed E-state index contributed by atoms with van der Waals surface area (Å²) >= 11 is 5.31. The molecule has 0 aliphatic rings. The molecule has 0 aliphatic heterocycles. The van der Waals surface area contributed by atoms with Crippen LogP contribution < -0.4 is 5.32 Å². The lowest BCUT2D eigenvalue weighted by atomic mass is 9.85. The summed E-state index contributed by atoms with van der Waals surface area (Å²) in [5.41, 5.74) is -11.9. The number of amides is 1. The van der Waals surface area contributed by atoms with Crippen LogP contribution in [0.2, 0.25) is 5.02 Å². The van der Waals surface area contributed by atoms with Crippen molar-refractivity contribution in [3.63, 3.8) is 0 Å². The monoisotopic (exact) mass is 535 g/mol. The van der Waals surface area contributed by atoms with Gasteiger partial charge in [-0.3, -0.25) is 4.79 Å². The molecule has 0 aromatic heterocycles. The Kier molecular flexibility index (Phi) is 7.33. The van der Waals surface area contributed by atoms with E-state index in [-0.39, 0.29) is 16.1 Å². The third-order valence-electron chi connectivity index (χ3n) is 4.17. The number of nitrogens with one attached hydrogen (secondary N) is 1. The first-order valence-corrected chi connectivity index (χ1v) is 11.5. The molecule has 0 saturated carbocycles. The lowest BCUT2D eigenvalue weighted by Crippen LogP contribution is -2.23. The van der Waals surface area contributed by atoms with Gasteiger partial charge in [0, 0.05) is 10.5 Å². The second-order valence-electron chi connectivity index (χ2n) is 7.71. The van der Waals surface area contributed by atoms with Crippen molar-refractivity contribution >= 4 is 44.8 Å². The Morgan fingerprint density at radius 2 is 1.61 bits per heavy atom. The average molecular weight is 536 g/mol. The second kappa shape index (κ2) is 8.91. The van der Waals surface area contributed by atoms with Crippen LogP contribution in [0.15, 0.2) is 40.1 Å². The van der Waals surface area contributed by atoms with E-state index in [4.69, 9.17) is 11.6 Å². The third kappa shape index (κ3) is 6.27. The van der Waals surface area contributed by atoms with Crippen molar-refractivity contribution in [3.8, 4) is 5.75 Å². The van der Waals surface area contributed by atoms with Gasteiger partial charge in [0.1, 0.15) is 5.75 Å². The maximum atomic E-state index is 12.9. The summed E-state index contributed by atoms with van der Waals surface area (Å²) in [6, 6.07) is 3.70. The first-order chi connectivity index (χ1) is 14.7. The van der Waals surface area contributed by atoms with Gasteiger partial charge in [0.15, 0.2) is 0 Å². The van der Waals surface area contributed by atoms with Crippen molar-refractivity contribution < 1.29 is 44.7 Å². The Morgan fingerprint density at radius 1 is 1.03 bits per heavy atom. The molecule has 0 atom stereocenters. The molecule has 0 aliphatic carbocycles. The zero-order chi connectivity index (χ0) is 25.6. The number of alkyl halides is 6. The van der Waals surface area contributed by atoms with E-state index in [0.29, 0.717) is 12.1 Å². The highest BCUT2D eigenvalue weighted by Crippen LogP contribution is 2.43. The van der Waals surface area contributed by atoms with Crippen LogP contribution >= 0.6 is 23.4 Å². The SMILES string of the molecule is CC(C)(C)c1cc(SC(F)(F)F)cc(C(=O)Nc2ccc(S(=O)(=O)C(F)(F)F)cc2Cl)c1O. The lowest BCUT2D eigenvalue weighted by molar-refractivity contribution is -0.0436. The number of phenolic OH excluding ortho intramolecular Hbond substituents is 1. The van der Waals surface area contributed by atoms with Crippen LogP contribution in [0.4, 0.5) is 32.0 Å². The summed E-state index contributed by atoms with van der Waals surface area (Å²) in [6.45, 7) is 4.80. The van der Waals surface area contributed by atoms with Crippen LogP contribution in [-0.4, -0.2) is 30.4 Å². The molecule has 14 heteroatoms. The molecule has 0 unspecified atom stereocenters.